The van der Waals surface area contributed by atoms with Gasteiger partial charge in [-0.2, -0.15) is 0 Å². The Morgan fingerprint density at radius 3 is 2.41 bits per heavy atom. The molecule has 0 spiro atoms. The SMILES string of the molecule is CC(C)C[C@H](N[S+]([O])(=O)c1cccc2c(N(C)C)cccc12)C(=O)ONC1CCCCC1. The Morgan fingerprint density at radius 2 is 1.75 bits per heavy atom. The van der Waals surface area contributed by atoms with Crippen molar-refractivity contribution < 1.29 is 18.4 Å². The highest BCUT2D eigenvalue weighted by Gasteiger charge is 2.41. The van der Waals surface area contributed by atoms with Crippen LogP contribution in [0.1, 0.15) is 52.4 Å². The van der Waals surface area contributed by atoms with Gasteiger partial charge in [0, 0.05) is 36.6 Å². The number of rotatable bonds is 9. The van der Waals surface area contributed by atoms with Crippen LogP contribution in [-0.4, -0.2) is 32.1 Å². The molecule has 2 aromatic rings. The molecule has 7 nitrogen and oxygen atoms in total. The first-order valence-electron chi connectivity index (χ1n) is 11.4. The van der Waals surface area contributed by atoms with Crippen molar-refractivity contribution in [3.63, 3.8) is 0 Å². The van der Waals surface area contributed by atoms with Gasteiger partial charge in [-0.15, -0.1) is 5.48 Å². The summed E-state index contributed by atoms with van der Waals surface area (Å²) in [7, 11) is -0.122. The fraction of sp³-hybridized carbons (Fsp3) is 0.542. The normalized spacial score (nSPS) is 17.8. The number of hydroxylamine groups is 1. The molecule has 3 rings (SSSR count). The molecular weight excluding hydrogens is 426 g/mol. The maximum absolute atomic E-state index is 13.4. The third kappa shape index (κ3) is 6.07. The van der Waals surface area contributed by atoms with E-state index in [1.165, 1.54) is 6.42 Å². The summed E-state index contributed by atoms with van der Waals surface area (Å²) in [6.07, 6.45) is 5.66. The van der Waals surface area contributed by atoms with Gasteiger partial charge in [0.05, 0.1) is 4.55 Å². The first kappa shape index (κ1) is 24.6. The number of benzene rings is 2. The van der Waals surface area contributed by atoms with Crippen LogP contribution in [0, 0.1) is 5.92 Å². The van der Waals surface area contributed by atoms with Crippen molar-refractivity contribution in [1.82, 2.24) is 10.2 Å². The van der Waals surface area contributed by atoms with Crippen molar-refractivity contribution >= 4 is 32.8 Å². The van der Waals surface area contributed by atoms with Crippen molar-refractivity contribution in [2.75, 3.05) is 19.0 Å². The van der Waals surface area contributed by atoms with Gasteiger partial charge in [0.1, 0.15) is 0 Å². The summed E-state index contributed by atoms with van der Waals surface area (Å²) in [4.78, 5) is 20.3. The molecule has 1 saturated carbocycles. The Bertz CT molecular complexity index is 973. The standard InChI is InChI=1S/C24H35N3O4S/c1-17(2)16-21(24(28)31-25-18-10-6-5-7-11-18)26-32(29,30)23-15-9-12-19-20(23)13-8-14-22(19)27(3)4/h8-9,12-15,17-18,21,25H,5-7,10-11,16H2,1-4H3,(H,26,29)/q+1/t21-,32?/m0/s1. The van der Waals surface area contributed by atoms with Crippen LogP contribution in [0.15, 0.2) is 41.3 Å². The van der Waals surface area contributed by atoms with Crippen LogP contribution in [-0.2, 0) is 28.8 Å². The van der Waals surface area contributed by atoms with E-state index in [9.17, 15) is 13.6 Å². The zero-order chi connectivity index (χ0) is 23.3. The van der Waals surface area contributed by atoms with Gasteiger partial charge in [0.2, 0.25) is 4.90 Å². The smallest absolute Gasteiger partial charge is 0.367 e. The van der Waals surface area contributed by atoms with E-state index in [4.69, 9.17) is 4.84 Å². The Kier molecular flexibility index (Phi) is 8.27. The quantitative estimate of drug-likeness (QED) is 0.426. The second kappa shape index (κ2) is 10.7. The maximum atomic E-state index is 13.4. The molecule has 8 heteroatoms. The number of sulfonamides is 1. The van der Waals surface area contributed by atoms with E-state index in [2.05, 4.69) is 10.2 Å². The summed E-state index contributed by atoms with van der Waals surface area (Å²) in [5.41, 5.74) is 3.79. The van der Waals surface area contributed by atoms with Crippen LogP contribution >= 0.6 is 0 Å². The molecule has 1 aliphatic carbocycles. The Hall–Kier alpha value is -2.00. The van der Waals surface area contributed by atoms with Crippen LogP contribution in [0.25, 0.3) is 10.8 Å². The third-order valence-corrected chi connectivity index (χ3v) is 7.38. The summed E-state index contributed by atoms with van der Waals surface area (Å²) in [5.74, 6) is -0.486. The van der Waals surface area contributed by atoms with Gasteiger partial charge >= 0.3 is 16.4 Å². The average Bonchev–Trinajstić information content (AvgIpc) is 2.76. The average molecular weight is 462 g/mol. The lowest BCUT2D eigenvalue weighted by Gasteiger charge is -2.23. The molecule has 2 aromatic carbocycles. The van der Waals surface area contributed by atoms with E-state index in [1.807, 2.05) is 51.0 Å². The van der Waals surface area contributed by atoms with Gasteiger partial charge in [0.25, 0.3) is 0 Å². The number of hydrogen-bond acceptors (Lipinski definition) is 5. The predicted molar refractivity (Wildman–Crippen MR) is 128 cm³/mol. The van der Waals surface area contributed by atoms with Crippen molar-refractivity contribution in [2.45, 2.75) is 69.4 Å². The molecule has 175 valence electrons. The molecule has 1 radical (unpaired) electrons. The van der Waals surface area contributed by atoms with E-state index >= 15 is 0 Å². The van der Waals surface area contributed by atoms with Crippen LogP contribution < -0.4 is 15.1 Å². The number of nitrogens with zero attached hydrogens (tertiary/aromatic N) is 1. The Labute approximate surface area is 192 Å². The molecule has 1 aliphatic rings. The number of anilines is 1. The highest BCUT2D eigenvalue weighted by atomic mass is 32.3. The summed E-state index contributed by atoms with van der Waals surface area (Å²) in [6.45, 7) is 3.90. The minimum atomic E-state index is -3.96. The lowest BCUT2D eigenvalue weighted by atomic mass is 9.96. The van der Waals surface area contributed by atoms with Crippen LogP contribution in [0.5, 0.6) is 0 Å². The van der Waals surface area contributed by atoms with E-state index in [0.29, 0.717) is 11.8 Å². The number of fused-ring (bicyclic) bond motifs is 1. The number of hydrogen-bond donors (Lipinski definition) is 2. The van der Waals surface area contributed by atoms with Crippen LogP contribution in [0.2, 0.25) is 0 Å². The minimum absolute atomic E-state index is 0.109. The monoisotopic (exact) mass is 461 g/mol. The van der Waals surface area contributed by atoms with Crippen molar-refractivity contribution in [2.24, 2.45) is 5.92 Å². The predicted octanol–water partition coefficient (Wildman–Crippen LogP) is 4.41. The van der Waals surface area contributed by atoms with Gasteiger partial charge in [0.15, 0.2) is 6.04 Å². The van der Waals surface area contributed by atoms with Gasteiger partial charge in [-0.3, -0.25) is 0 Å². The number of nitrogens with one attached hydrogen (secondary N) is 2. The summed E-state index contributed by atoms with van der Waals surface area (Å²) < 4.78 is 29.4. The molecule has 2 N–H and O–H groups in total. The zero-order valence-corrected chi connectivity index (χ0v) is 20.2. The van der Waals surface area contributed by atoms with Crippen molar-refractivity contribution in [3.8, 4) is 0 Å². The first-order chi connectivity index (χ1) is 15.2. The van der Waals surface area contributed by atoms with E-state index in [0.717, 1.165) is 36.8 Å². The van der Waals surface area contributed by atoms with Gasteiger partial charge in [-0.25, -0.2) is 4.79 Å². The Balaban J connectivity index is 1.83. The maximum Gasteiger partial charge on any atom is 0.367 e. The van der Waals surface area contributed by atoms with Crippen molar-refractivity contribution in [3.05, 3.63) is 36.4 Å². The van der Waals surface area contributed by atoms with E-state index in [1.54, 1.807) is 18.2 Å². The van der Waals surface area contributed by atoms with E-state index < -0.39 is 22.4 Å². The Morgan fingerprint density at radius 1 is 1.09 bits per heavy atom. The molecule has 0 aliphatic heterocycles. The van der Waals surface area contributed by atoms with Crippen LogP contribution in [0.3, 0.4) is 0 Å². The minimum Gasteiger partial charge on any atom is -0.377 e. The van der Waals surface area contributed by atoms with Crippen molar-refractivity contribution in [1.29, 1.82) is 0 Å². The second-order valence-electron chi connectivity index (χ2n) is 9.20. The molecular formula is C24H35N3O4S+. The number of carbonyl (C=O) groups excluding carboxylic acids is 1. The fourth-order valence-corrected chi connectivity index (χ4v) is 5.66. The molecule has 2 atom stereocenters. The molecule has 32 heavy (non-hydrogen) atoms. The fourth-order valence-electron chi connectivity index (χ4n) is 4.24. The molecule has 0 amide bonds. The third-order valence-electron chi connectivity index (χ3n) is 5.85. The molecule has 1 fully saturated rings. The van der Waals surface area contributed by atoms with Gasteiger partial charge in [-0.05, 0) is 47.6 Å². The molecule has 0 bridgehead atoms. The molecule has 1 unspecified atom stereocenters. The first-order valence-corrected chi connectivity index (χ1v) is 12.8. The van der Waals surface area contributed by atoms with Gasteiger partial charge in [-0.1, -0.05) is 56.0 Å². The van der Waals surface area contributed by atoms with Gasteiger partial charge < -0.3 is 9.74 Å². The highest BCUT2D eigenvalue weighted by molar-refractivity contribution is 7.95. The highest BCUT2D eigenvalue weighted by Crippen LogP contribution is 2.32. The molecule has 0 heterocycles. The molecule has 0 saturated heterocycles. The van der Waals surface area contributed by atoms with Crippen LogP contribution in [0.4, 0.5) is 5.69 Å². The number of carbonyl (C=O) groups is 1. The zero-order valence-electron chi connectivity index (χ0n) is 19.4. The largest absolute Gasteiger partial charge is 0.377 e. The lowest BCUT2D eigenvalue weighted by Crippen LogP contribution is -2.47. The summed E-state index contributed by atoms with van der Waals surface area (Å²) in [5, 5.41) is 1.45. The second-order valence-corrected chi connectivity index (χ2v) is 10.9. The topological polar surface area (TPSA) is 90.6 Å². The summed E-state index contributed by atoms with van der Waals surface area (Å²) >= 11 is 0. The lowest BCUT2D eigenvalue weighted by molar-refractivity contribution is -0.156. The van der Waals surface area contributed by atoms with E-state index in [-0.39, 0.29) is 16.9 Å². The summed E-state index contributed by atoms with van der Waals surface area (Å²) in [6, 6.07) is 9.93. The molecule has 0 aromatic heterocycles.